The molecule has 0 aliphatic rings. The molecule has 0 unspecified atom stereocenters. The lowest BCUT2D eigenvalue weighted by atomic mass is 10.1. The molecule has 0 saturated carbocycles. The predicted octanol–water partition coefficient (Wildman–Crippen LogP) is 6.75. The molecule has 2 aromatic heterocycles. The van der Waals surface area contributed by atoms with Crippen LogP contribution < -0.4 is 5.73 Å². The second-order valence-corrected chi connectivity index (χ2v) is 7.70. The minimum absolute atomic E-state index is 0.333. The molecule has 0 aromatic carbocycles. The fourth-order valence-electron chi connectivity index (χ4n) is 3.75. The van der Waals surface area contributed by atoms with Crippen LogP contribution in [0.3, 0.4) is 0 Å². The van der Waals surface area contributed by atoms with Crippen LogP contribution in [0.5, 0.6) is 0 Å². The molecule has 0 radical (unpaired) electrons. The SMILES string of the molecule is CC/C=C/C=C\C(=C(/C)OCCC)c1cc(N)c2c(n1)c(C)c(CC)n2C(C)C. The maximum Gasteiger partial charge on any atom is 0.102 e. The molecule has 0 amide bonds. The van der Waals surface area contributed by atoms with Crippen molar-refractivity contribution >= 4 is 22.3 Å². The van der Waals surface area contributed by atoms with E-state index < -0.39 is 0 Å². The first kappa shape index (κ1) is 22.8. The summed E-state index contributed by atoms with van der Waals surface area (Å²) in [4.78, 5) is 5.06. The Morgan fingerprint density at radius 3 is 2.55 bits per heavy atom. The molecular formula is C25H37N3O. The van der Waals surface area contributed by atoms with Crippen LogP contribution in [0.25, 0.3) is 16.6 Å². The zero-order valence-electron chi connectivity index (χ0n) is 19.2. The Morgan fingerprint density at radius 1 is 1.24 bits per heavy atom. The Labute approximate surface area is 176 Å². The fraction of sp³-hybridized carbons (Fsp3) is 0.480. The van der Waals surface area contributed by atoms with Gasteiger partial charge in [0.1, 0.15) is 5.76 Å². The fourth-order valence-corrected chi connectivity index (χ4v) is 3.75. The van der Waals surface area contributed by atoms with Crippen LogP contribution in [-0.4, -0.2) is 16.2 Å². The van der Waals surface area contributed by atoms with Crippen LogP contribution in [0, 0.1) is 6.92 Å². The number of aromatic nitrogens is 2. The highest BCUT2D eigenvalue weighted by atomic mass is 16.5. The molecule has 0 saturated heterocycles. The standard InChI is InChI=1S/C25H37N3O/c1-8-11-12-13-14-20(19(7)29-15-9-2)22-16-21(26)25-24(27-22)18(6)23(10-3)28(25)17(4)5/h11-14,16-17H,8-10,15H2,1-7H3,(H2,26,27)/b12-11+,14-13-,20-19-. The first-order valence-corrected chi connectivity index (χ1v) is 10.8. The normalized spacial score (nSPS) is 13.2. The first-order valence-electron chi connectivity index (χ1n) is 10.8. The second kappa shape index (κ2) is 10.3. The zero-order chi connectivity index (χ0) is 21.6. The highest BCUT2D eigenvalue weighted by Gasteiger charge is 2.20. The summed E-state index contributed by atoms with van der Waals surface area (Å²) in [7, 11) is 0. The lowest BCUT2D eigenvalue weighted by Crippen LogP contribution is -2.07. The van der Waals surface area contributed by atoms with Gasteiger partial charge in [0.15, 0.2) is 0 Å². The largest absolute Gasteiger partial charge is 0.498 e. The Balaban J connectivity index is 2.71. The highest BCUT2D eigenvalue weighted by molar-refractivity contribution is 5.94. The Kier molecular flexibility index (Phi) is 8.12. The maximum absolute atomic E-state index is 6.58. The molecule has 2 heterocycles. The van der Waals surface area contributed by atoms with Crippen LogP contribution in [0.2, 0.25) is 0 Å². The van der Waals surface area contributed by atoms with Gasteiger partial charge in [-0.1, -0.05) is 39.0 Å². The van der Waals surface area contributed by atoms with Crippen molar-refractivity contribution in [3.8, 4) is 0 Å². The molecule has 0 atom stereocenters. The summed E-state index contributed by atoms with van der Waals surface area (Å²) in [6.07, 6.45) is 11.2. The Hall–Kier alpha value is -2.49. The van der Waals surface area contributed by atoms with E-state index in [0.717, 1.165) is 53.0 Å². The zero-order valence-corrected chi connectivity index (χ0v) is 19.2. The van der Waals surface area contributed by atoms with E-state index >= 15 is 0 Å². The quantitative estimate of drug-likeness (QED) is 0.377. The van der Waals surface area contributed by atoms with Crippen LogP contribution in [-0.2, 0) is 11.2 Å². The molecule has 0 bridgehead atoms. The molecule has 4 heteroatoms. The van der Waals surface area contributed by atoms with Crippen molar-refractivity contribution in [2.24, 2.45) is 0 Å². The Bertz CT molecular complexity index is 929. The molecule has 4 nitrogen and oxygen atoms in total. The third kappa shape index (κ3) is 4.92. The third-order valence-corrected chi connectivity index (χ3v) is 5.12. The average molecular weight is 396 g/mol. The third-order valence-electron chi connectivity index (χ3n) is 5.12. The van der Waals surface area contributed by atoms with Crippen molar-refractivity contribution in [2.45, 2.75) is 73.8 Å². The number of rotatable bonds is 9. The molecule has 29 heavy (non-hydrogen) atoms. The van der Waals surface area contributed by atoms with E-state index in [1.807, 2.05) is 19.1 Å². The van der Waals surface area contributed by atoms with Crippen molar-refractivity contribution in [1.29, 1.82) is 0 Å². The van der Waals surface area contributed by atoms with E-state index in [1.54, 1.807) is 0 Å². The number of allylic oxidation sites excluding steroid dienone is 6. The van der Waals surface area contributed by atoms with E-state index in [2.05, 4.69) is 64.3 Å². The highest BCUT2D eigenvalue weighted by Crippen LogP contribution is 2.34. The summed E-state index contributed by atoms with van der Waals surface area (Å²) in [5.41, 5.74) is 13.7. The minimum Gasteiger partial charge on any atom is -0.498 e. The van der Waals surface area contributed by atoms with Gasteiger partial charge in [-0.3, -0.25) is 0 Å². The van der Waals surface area contributed by atoms with Crippen LogP contribution >= 0.6 is 0 Å². The van der Waals surface area contributed by atoms with Gasteiger partial charge in [0, 0.05) is 17.3 Å². The number of hydrogen-bond acceptors (Lipinski definition) is 3. The number of anilines is 1. The number of hydrogen-bond donors (Lipinski definition) is 1. The molecule has 0 fully saturated rings. The maximum atomic E-state index is 6.58. The molecular weight excluding hydrogens is 358 g/mol. The number of ether oxygens (including phenoxy) is 1. The van der Waals surface area contributed by atoms with Gasteiger partial charge >= 0.3 is 0 Å². The van der Waals surface area contributed by atoms with Crippen molar-refractivity contribution in [1.82, 2.24) is 9.55 Å². The molecule has 2 N–H and O–H groups in total. The van der Waals surface area contributed by atoms with Gasteiger partial charge in [0.25, 0.3) is 0 Å². The van der Waals surface area contributed by atoms with Crippen molar-refractivity contribution in [3.05, 3.63) is 53.1 Å². The van der Waals surface area contributed by atoms with Gasteiger partial charge < -0.3 is 15.0 Å². The van der Waals surface area contributed by atoms with Crippen LogP contribution in [0.1, 0.15) is 77.4 Å². The summed E-state index contributed by atoms with van der Waals surface area (Å²) in [5, 5.41) is 0. The summed E-state index contributed by atoms with van der Waals surface area (Å²) in [5.74, 6) is 0.871. The van der Waals surface area contributed by atoms with Gasteiger partial charge in [-0.25, -0.2) is 4.98 Å². The van der Waals surface area contributed by atoms with E-state index in [4.69, 9.17) is 15.5 Å². The minimum atomic E-state index is 0.333. The number of nitrogen functional groups attached to an aromatic ring is 1. The van der Waals surface area contributed by atoms with Crippen molar-refractivity contribution in [2.75, 3.05) is 12.3 Å². The second-order valence-electron chi connectivity index (χ2n) is 7.70. The molecule has 0 aliphatic carbocycles. The number of nitrogens with zero attached hydrogens (tertiary/aromatic N) is 2. The molecule has 2 rings (SSSR count). The van der Waals surface area contributed by atoms with Crippen LogP contribution in [0.15, 0.2) is 36.1 Å². The van der Waals surface area contributed by atoms with Crippen molar-refractivity contribution < 1.29 is 4.74 Å². The van der Waals surface area contributed by atoms with Gasteiger partial charge in [0.2, 0.25) is 0 Å². The van der Waals surface area contributed by atoms with E-state index in [9.17, 15) is 0 Å². The lowest BCUT2D eigenvalue weighted by Gasteiger charge is -2.16. The summed E-state index contributed by atoms with van der Waals surface area (Å²) in [6, 6.07) is 2.32. The summed E-state index contributed by atoms with van der Waals surface area (Å²) in [6.45, 7) is 15.7. The molecule has 0 spiro atoms. The number of pyridine rings is 1. The first-order chi connectivity index (χ1) is 13.9. The number of fused-ring (bicyclic) bond motifs is 1. The van der Waals surface area contributed by atoms with Gasteiger partial charge in [0.05, 0.1) is 29.0 Å². The summed E-state index contributed by atoms with van der Waals surface area (Å²) >= 11 is 0. The van der Waals surface area contributed by atoms with Crippen molar-refractivity contribution in [3.63, 3.8) is 0 Å². The van der Waals surface area contributed by atoms with Crippen LogP contribution in [0.4, 0.5) is 5.69 Å². The van der Waals surface area contributed by atoms with Gasteiger partial charge in [-0.05, 0) is 64.7 Å². The van der Waals surface area contributed by atoms with E-state index in [1.165, 1.54) is 11.3 Å². The van der Waals surface area contributed by atoms with Gasteiger partial charge in [-0.2, -0.15) is 0 Å². The number of aryl methyl sites for hydroxylation is 1. The summed E-state index contributed by atoms with van der Waals surface area (Å²) < 4.78 is 8.29. The van der Waals surface area contributed by atoms with E-state index in [0.29, 0.717) is 12.6 Å². The average Bonchev–Trinajstić information content (AvgIpc) is 2.98. The Morgan fingerprint density at radius 2 is 1.97 bits per heavy atom. The van der Waals surface area contributed by atoms with Gasteiger partial charge in [-0.15, -0.1) is 0 Å². The predicted molar refractivity (Wildman–Crippen MR) is 126 cm³/mol. The smallest absolute Gasteiger partial charge is 0.102 e. The molecule has 0 aliphatic heterocycles. The van der Waals surface area contributed by atoms with E-state index in [-0.39, 0.29) is 0 Å². The number of nitrogens with two attached hydrogens (primary N) is 1. The lowest BCUT2D eigenvalue weighted by molar-refractivity contribution is 0.216. The molecule has 2 aromatic rings. The topological polar surface area (TPSA) is 53.1 Å². The monoisotopic (exact) mass is 395 g/mol. The molecule has 158 valence electrons.